The quantitative estimate of drug-likeness (QED) is 0.801. The highest BCUT2D eigenvalue weighted by Gasteiger charge is 2.34. The van der Waals surface area contributed by atoms with Crippen LogP contribution in [0.5, 0.6) is 0 Å². The number of nitrogens with one attached hydrogen (secondary N) is 1. The summed E-state index contributed by atoms with van der Waals surface area (Å²) in [4.78, 5) is 25.2. The van der Waals surface area contributed by atoms with Gasteiger partial charge in [0.2, 0.25) is 11.8 Å². The van der Waals surface area contributed by atoms with Gasteiger partial charge in [0, 0.05) is 19.5 Å². The number of nitrogens with zero attached hydrogens (tertiary/aromatic N) is 1. The van der Waals surface area contributed by atoms with Crippen LogP contribution in [0.15, 0.2) is 48.6 Å². The minimum absolute atomic E-state index is 0.0524. The number of benzene rings is 1. The fraction of sp³-hybridized carbons (Fsp3) is 0.455. The molecule has 4 nitrogen and oxygen atoms in total. The Morgan fingerprint density at radius 1 is 1.10 bits per heavy atom. The van der Waals surface area contributed by atoms with Crippen LogP contribution in [0.2, 0.25) is 0 Å². The molecule has 1 heterocycles. The molecule has 1 atom stereocenters. The first-order valence-electron chi connectivity index (χ1n) is 9.88. The second kappa shape index (κ2) is 9.29. The molecule has 1 aliphatic heterocycles. The van der Waals surface area contributed by atoms with Gasteiger partial charge in [-0.3, -0.25) is 9.59 Å². The molecule has 1 saturated heterocycles. The van der Waals surface area contributed by atoms with Gasteiger partial charge in [0.25, 0.3) is 0 Å². The highest BCUT2D eigenvalue weighted by Crippen LogP contribution is 2.25. The third kappa shape index (κ3) is 6.48. The third-order valence-corrected chi connectivity index (χ3v) is 5.35. The lowest BCUT2D eigenvalue weighted by molar-refractivity contribution is -0.162. The van der Waals surface area contributed by atoms with Crippen LogP contribution in [0.3, 0.4) is 0 Å². The zero-order valence-electron chi connectivity index (χ0n) is 16.1. The van der Waals surface area contributed by atoms with Crippen LogP contribution in [-0.2, 0) is 9.59 Å². The van der Waals surface area contributed by atoms with E-state index < -0.39 is 18.5 Å². The molecule has 1 N–H and O–H groups in total. The molecule has 3 rings (SSSR count). The Hall–Kier alpha value is -2.57. The van der Waals surface area contributed by atoms with Crippen molar-refractivity contribution in [1.29, 1.82) is 0 Å². The number of piperidine rings is 1. The molecule has 0 spiro atoms. The summed E-state index contributed by atoms with van der Waals surface area (Å²) >= 11 is 0. The van der Waals surface area contributed by atoms with Crippen molar-refractivity contribution >= 4 is 17.4 Å². The second-order valence-electron chi connectivity index (χ2n) is 7.61. The number of rotatable bonds is 5. The summed E-state index contributed by atoms with van der Waals surface area (Å²) < 4.78 is 37.0. The Morgan fingerprint density at radius 3 is 2.38 bits per heavy atom. The normalized spacial score (nSPS) is 20.3. The van der Waals surface area contributed by atoms with E-state index in [0.29, 0.717) is 19.3 Å². The fourth-order valence-electron chi connectivity index (χ4n) is 3.77. The topological polar surface area (TPSA) is 49.4 Å². The predicted molar refractivity (Wildman–Crippen MR) is 105 cm³/mol. The highest BCUT2D eigenvalue weighted by molar-refractivity contribution is 5.79. The first-order chi connectivity index (χ1) is 13.8. The molecule has 7 heteroatoms. The number of allylic oxidation sites excluding steroid dienone is 2. The zero-order valence-corrected chi connectivity index (χ0v) is 16.1. The zero-order chi connectivity index (χ0) is 20.9. The summed E-state index contributed by atoms with van der Waals surface area (Å²) in [7, 11) is 0. The first kappa shape index (κ1) is 21.1. The van der Waals surface area contributed by atoms with Gasteiger partial charge in [-0.05, 0) is 36.3 Å². The van der Waals surface area contributed by atoms with Gasteiger partial charge >= 0.3 is 6.18 Å². The van der Waals surface area contributed by atoms with E-state index in [0.717, 1.165) is 17.6 Å². The van der Waals surface area contributed by atoms with E-state index in [9.17, 15) is 22.8 Å². The molecule has 29 heavy (non-hydrogen) atoms. The molecule has 1 aromatic carbocycles. The molecule has 2 aliphatic rings. The molecular weight excluding hydrogens is 381 g/mol. The number of alkyl halides is 3. The molecule has 0 bridgehead atoms. The first-order valence-corrected chi connectivity index (χ1v) is 9.88. The number of hydrogen-bond acceptors (Lipinski definition) is 2. The maximum Gasteiger partial charge on any atom is 0.397 e. The van der Waals surface area contributed by atoms with E-state index in [4.69, 9.17) is 0 Å². The summed E-state index contributed by atoms with van der Waals surface area (Å²) in [6.45, 7) is 0.554. The Labute approximate surface area is 168 Å². The second-order valence-corrected chi connectivity index (χ2v) is 7.61. The molecule has 0 aromatic heterocycles. The molecule has 1 aliphatic carbocycles. The van der Waals surface area contributed by atoms with E-state index >= 15 is 0 Å². The molecule has 2 amide bonds. The fourth-order valence-corrected chi connectivity index (χ4v) is 3.77. The number of halogens is 3. The van der Waals surface area contributed by atoms with Gasteiger partial charge in [0.05, 0.1) is 6.04 Å². The summed E-state index contributed by atoms with van der Waals surface area (Å²) in [5.41, 5.74) is 2.27. The van der Waals surface area contributed by atoms with Crippen molar-refractivity contribution in [2.24, 2.45) is 5.92 Å². The van der Waals surface area contributed by atoms with E-state index in [1.165, 1.54) is 4.90 Å². The van der Waals surface area contributed by atoms with Gasteiger partial charge in [-0.2, -0.15) is 13.2 Å². The Balaban J connectivity index is 1.40. The largest absolute Gasteiger partial charge is 0.397 e. The van der Waals surface area contributed by atoms with E-state index in [-0.39, 0.29) is 31.0 Å². The minimum atomic E-state index is -4.48. The lowest BCUT2D eigenvalue weighted by atomic mass is 9.92. The van der Waals surface area contributed by atoms with Crippen LogP contribution in [0.1, 0.15) is 37.7 Å². The smallest absolute Gasteiger partial charge is 0.350 e. The summed E-state index contributed by atoms with van der Waals surface area (Å²) in [5.74, 6) is -0.849. The number of likely N-dealkylation sites (tertiary alicyclic amines) is 1. The van der Waals surface area contributed by atoms with E-state index in [1.807, 2.05) is 42.5 Å². The average molecular weight is 406 g/mol. The number of carbonyl (C=O) groups excluding carboxylic acids is 2. The highest BCUT2D eigenvalue weighted by atomic mass is 19.4. The Kier molecular flexibility index (Phi) is 6.77. The maximum absolute atomic E-state index is 12.3. The van der Waals surface area contributed by atoms with Crippen LogP contribution in [0.4, 0.5) is 13.2 Å². The number of carbonyl (C=O) groups is 2. The summed E-state index contributed by atoms with van der Waals surface area (Å²) in [5, 5.41) is 3.00. The monoisotopic (exact) mass is 406 g/mol. The predicted octanol–water partition coefficient (Wildman–Crippen LogP) is 4.10. The minimum Gasteiger partial charge on any atom is -0.350 e. The molecule has 1 unspecified atom stereocenters. The van der Waals surface area contributed by atoms with Gasteiger partial charge in [-0.25, -0.2) is 0 Å². The molecule has 1 aromatic rings. The van der Waals surface area contributed by atoms with Crippen molar-refractivity contribution < 1.29 is 22.8 Å². The Morgan fingerprint density at radius 2 is 1.79 bits per heavy atom. The maximum atomic E-state index is 12.3. The van der Waals surface area contributed by atoms with Crippen LogP contribution < -0.4 is 5.32 Å². The SMILES string of the molecule is O=C(CC1CCN(C(=O)CC(F)(F)F)CC1)NC1C=CC(c2ccccc2)=CC1. The summed E-state index contributed by atoms with van der Waals surface area (Å²) in [6.07, 6.45) is 2.36. The van der Waals surface area contributed by atoms with Crippen LogP contribution in [0.25, 0.3) is 5.57 Å². The van der Waals surface area contributed by atoms with Crippen molar-refractivity contribution in [3.63, 3.8) is 0 Å². The van der Waals surface area contributed by atoms with Crippen molar-refractivity contribution in [1.82, 2.24) is 10.2 Å². The third-order valence-electron chi connectivity index (χ3n) is 5.35. The van der Waals surface area contributed by atoms with Crippen LogP contribution in [0, 0.1) is 5.92 Å². The van der Waals surface area contributed by atoms with Crippen molar-refractivity contribution in [2.45, 2.75) is 44.3 Å². The van der Waals surface area contributed by atoms with E-state index in [1.54, 1.807) is 0 Å². The van der Waals surface area contributed by atoms with Crippen LogP contribution >= 0.6 is 0 Å². The average Bonchev–Trinajstić information content (AvgIpc) is 2.68. The summed E-state index contributed by atoms with van der Waals surface area (Å²) in [6, 6.07) is 9.97. The molecular formula is C22H25F3N2O2. The van der Waals surface area contributed by atoms with Crippen LogP contribution in [-0.4, -0.2) is 42.0 Å². The Bertz CT molecular complexity index is 779. The molecule has 1 fully saturated rings. The molecule has 156 valence electrons. The molecule has 0 saturated carbocycles. The van der Waals surface area contributed by atoms with Gasteiger partial charge in [-0.15, -0.1) is 0 Å². The van der Waals surface area contributed by atoms with E-state index in [2.05, 4.69) is 11.4 Å². The lowest BCUT2D eigenvalue weighted by Gasteiger charge is -2.32. The van der Waals surface area contributed by atoms with Crippen molar-refractivity contribution in [3.8, 4) is 0 Å². The van der Waals surface area contributed by atoms with Crippen molar-refractivity contribution in [3.05, 3.63) is 54.1 Å². The lowest BCUT2D eigenvalue weighted by Crippen LogP contribution is -2.42. The standard InChI is InChI=1S/C22H25F3N2O2/c23-22(24,25)15-21(29)27-12-10-16(11-13-27)14-20(28)26-19-8-6-18(7-9-19)17-4-2-1-3-5-17/h1-8,16,19H,9-15H2,(H,26,28). The van der Waals surface area contributed by atoms with Gasteiger partial charge in [0.15, 0.2) is 0 Å². The van der Waals surface area contributed by atoms with Gasteiger partial charge in [0.1, 0.15) is 6.42 Å². The molecule has 0 radical (unpaired) electrons. The van der Waals surface area contributed by atoms with Gasteiger partial charge < -0.3 is 10.2 Å². The van der Waals surface area contributed by atoms with Crippen molar-refractivity contribution in [2.75, 3.05) is 13.1 Å². The van der Waals surface area contributed by atoms with Gasteiger partial charge in [-0.1, -0.05) is 48.6 Å². The number of hydrogen-bond donors (Lipinski definition) is 1. The number of amides is 2.